The zero-order chi connectivity index (χ0) is 16.5. The molecule has 0 radical (unpaired) electrons. The molecule has 2 bridgehead atoms. The monoisotopic (exact) mass is 307 g/mol. The molecule has 1 aromatic rings. The van der Waals surface area contributed by atoms with Crippen LogP contribution in [0, 0.1) is 37.5 Å². The van der Waals surface area contributed by atoms with Gasteiger partial charge in [-0.25, -0.2) is 4.90 Å². The summed E-state index contributed by atoms with van der Waals surface area (Å²) in [7, 11) is 0. The predicted octanol–water partition coefficient (Wildman–Crippen LogP) is 3.56. The van der Waals surface area contributed by atoms with Gasteiger partial charge in [0.15, 0.2) is 0 Å². The summed E-state index contributed by atoms with van der Waals surface area (Å²) >= 11 is 0. The Balaban J connectivity index is 1.79. The minimum absolute atomic E-state index is 0.0254. The van der Waals surface area contributed by atoms with Gasteiger partial charge in [0.05, 0.1) is 17.5 Å². The van der Waals surface area contributed by atoms with E-state index >= 15 is 0 Å². The van der Waals surface area contributed by atoms with Gasteiger partial charge in [0.1, 0.15) is 0 Å². The third-order valence-corrected chi connectivity index (χ3v) is 5.59. The Morgan fingerprint density at radius 3 is 2.00 bits per heavy atom. The van der Waals surface area contributed by atoms with Crippen molar-refractivity contribution in [2.45, 2.75) is 27.7 Å². The zero-order valence-corrected chi connectivity index (χ0v) is 14.0. The third-order valence-electron chi connectivity index (χ3n) is 5.59. The van der Waals surface area contributed by atoms with E-state index in [4.69, 9.17) is 0 Å². The fourth-order valence-corrected chi connectivity index (χ4v) is 4.72. The van der Waals surface area contributed by atoms with E-state index in [-0.39, 0.29) is 35.5 Å². The molecule has 118 valence electrons. The molecule has 0 aromatic heterocycles. The van der Waals surface area contributed by atoms with Crippen LogP contribution in [-0.2, 0) is 9.59 Å². The van der Waals surface area contributed by atoms with Crippen molar-refractivity contribution in [3.05, 3.63) is 52.6 Å². The molecule has 0 unspecified atom stereocenters. The first-order valence-corrected chi connectivity index (χ1v) is 8.22. The van der Waals surface area contributed by atoms with Crippen LogP contribution in [0.1, 0.15) is 25.0 Å². The predicted molar refractivity (Wildman–Crippen MR) is 89.9 cm³/mol. The minimum Gasteiger partial charge on any atom is -0.274 e. The number of benzene rings is 1. The maximum absolute atomic E-state index is 13.0. The van der Waals surface area contributed by atoms with Crippen molar-refractivity contribution < 1.29 is 9.59 Å². The molecule has 1 saturated heterocycles. The summed E-state index contributed by atoms with van der Waals surface area (Å²) in [5, 5.41) is 0. The number of allylic oxidation sites excluding steroid dienone is 4. The average Bonchev–Trinajstić information content (AvgIpc) is 3.11. The van der Waals surface area contributed by atoms with Gasteiger partial charge in [0.2, 0.25) is 11.8 Å². The molecule has 2 amide bonds. The molecule has 4 atom stereocenters. The van der Waals surface area contributed by atoms with Crippen molar-refractivity contribution in [2.24, 2.45) is 23.7 Å². The van der Waals surface area contributed by atoms with E-state index < -0.39 is 0 Å². The summed E-state index contributed by atoms with van der Waals surface area (Å²) in [6.45, 7) is 8.15. The topological polar surface area (TPSA) is 37.4 Å². The summed E-state index contributed by atoms with van der Waals surface area (Å²) in [5.74, 6) is -0.235. The molecule has 0 spiro atoms. The Hall–Kier alpha value is -2.16. The molecule has 1 aromatic carbocycles. The van der Waals surface area contributed by atoms with E-state index in [1.54, 1.807) is 0 Å². The van der Waals surface area contributed by atoms with Gasteiger partial charge >= 0.3 is 0 Å². The van der Waals surface area contributed by atoms with Crippen molar-refractivity contribution in [1.82, 2.24) is 0 Å². The lowest BCUT2D eigenvalue weighted by atomic mass is 9.85. The van der Waals surface area contributed by atoms with Crippen LogP contribution in [0.5, 0.6) is 0 Å². The largest absolute Gasteiger partial charge is 0.274 e. The number of anilines is 1. The highest BCUT2D eigenvalue weighted by Crippen LogP contribution is 2.57. The van der Waals surface area contributed by atoms with Gasteiger partial charge in [-0.05, 0) is 39.3 Å². The van der Waals surface area contributed by atoms with Gasteiger partial charge in [-0.2, -0.15) is 0 Å². The molecule has 3 heteroatoms. The van der Waals surface area contributed by atoms with Crippen LogP contribution in [0.3, 0.4) is 0 Å². The van der Waals surface area contributed by atoms with Crippen molar-refractivity contribution in [3.63, 3.8) is 0 Å². The lowest BCUT2D eigenvalue weighted by Crippen LogP contribution is -2.33. The molecule has 3 aliphatic rings. The fourth-order valence-electron chi connectivity index (χ4n) is 4.72. The molecule has 3 nitrogen and oxygen atoms in total. The zero-order valence-electron chi connectivity index (χ0n) is 14.0. The van der Waals surface area contributed by atoms with Gasteiger partial charge in [-0.15, -0.1) is 0 Å². The Morgan fingerprint density at radius 2 is 1.52 bits per heavy atom. The smallest absolute Gasteiger partial charge is 0.238 e. The number of hydrogen-bond acceptors (Lipinski definition) is 2. The first kappa shape index (κ1) is 14.4. The van der Waals surface area contributed by atoms with Crippen LogP contribution in [-0.4, -0.2) is 11.8 Å². The summed E-state index contributed by atoms with van der Waals surface area (Å²) < 4.78 is 0. The highest BCUT2D eigenvalue weighted by atomic mass is 16.2. The first-order chi connectivity index (χ1) is 10.9. The fraction of sp³-hybridized carbons (Fsp3) is 0.400. The molecule has 1 aliphatic heterocycles. The van der Waals surface area contributed by atoms with Gasteiger partial charge in [-0.3, -0.25) is 9.59 Å². The number of imide groups is 1. The maximum atomic E-state index is 13.0. The second kappa shape index (κ2) is 4.67. The van der Waals surface area contributed by atoms with E-state index in [1.165, 1.54) is 16.0 Å². The Bertz CT molecular complexity index is 764. The van der Waals surface area contributed by atoms with E-state index in [2.05, 4.69) is 26.0 Å². The van der Waals surface area contributed by atoms with E-state index in [1.807, 2.05) is 32.0 Å². The number of carbonyl (C=O) groups excluding carboxylic acids is 2. The lowest BCUT2D eigenvalue weighted by molar-refractivity contribution is -0.122. The number of rotatable bonds is 1. The molecule has 1 saturated carbocycles. The van der Waals surface area contributed by atoms with Crippen molar-refractivity contribution in [1.29, 1.82) is 0 Å². The standard InChI is InChI=1S/C20H21NO2/c1-10(2)16-13-6-7-14(16)18-17(13)19(22)21(20(18)23)15-8-5-11(3)9-12(15)4/h5-9,13-14,17-18H,1-4H3/t13-,14+,17+,18-. The second-order valence-electron chi connectivity index (χ2n) is 7.25. The highest BCUT2D eigenvalue weighted by Gasteiger charge is 2.62. The summed E-state index contributed by atoms with van der Waals surface area (Å²) in [6, 6.07) is 5.89. The summed E-state index contributed by atoms with van der Waals surface area (Å²) in [6.07, 6.45) is 4.26. The average molecular weight is 307 g/mol. The van der Waals surface area contributed by atoms with Crippen LogP contribution in [0.4, 0.5) is 5.69 Å². The van der Waals surface area contributed by atoms with Gasteiger partial charge in [0.25, 0.3) is 0 Å². The molecular formula is C20H21NO2. The molecule has 1 heterocycles. The SMILES string of the molecule is CC(C)=C1[C@H]2C=C[C@@H]1[C@H]1C(=O)N(c3ccc(C)cc3C)C(=O)[C@H]12. The Kier molecular flexibility index (Phi) is 2.93. The molecular weight excluding hydrogens is 286 g/mol. The maximum Gasteiger partial charge on any atom is 0.238 e. The number of fused-ring (bicyclic) bond motifs is 5. The molecule has 23 heavy (non-hydrogen) atoms. The molecule has 4 rings (SSSR count). The van der Waals surface area contributed by atoms with Crippen LogP contribution in [0.15, 0.2) is 41.5 Å². The molecule has 0 N–H and O–H groups in total. The molecule has 2 aliphatic carbocycles. The van der Waals surface area contributed by atoms with E-state index in [9.17, 15) is 9.59 Å². The lowest BCUT2D eigenvalue weighted by Gasteiger charge is -2.21. The van der Waals surface area contributed by atoms with E-state index in [0.717, 1.165) is 16.8 Å². The van der Waals surface area contributed by atoms with Gasteiger partial charge in [-0.1, -0.05) is 41.0 Å². The number of nitrogens with zero attached hydrogens (tertiary/aromatic N) is 1. The number of carbonyl (C=O) groups is 2. The number of hydrogen-bond donors (Lipinski definition) is 0. The Morgan fingerprint density at radius 1 is 0.957 bits per heavy atom. The number of amides is 2. The van der Waals surface area contributed by atoms with Crippen molar-refractivity contribution in [2.75, 3.05) is 4.90 Å². The van der Waals surface area contributed by atoms with Gasteiger partial charge < -0.3 is 0 Å². The van der Waals surface area contributed by atoms with E-state index in [0.29, 0.717) is 0 Å². The quantitative estimate of drug-likeness (QED) is 0.587. The Labute approximate surface area is 136 Å². The van der Waals surface area contributed by atoms with Crippen LogP contribution < -0.4 is 4.90 Å². The van der Waals surface area contributed by atoms with Crippen LogP contribution >= 0.6 is 0 Å². The summed E-state index contributed by atoms with van der Waals surface area (Å²) in [4.78, 5) is 27.5. The van der Waals surface area contributed by atoms with Crippen molar-refractivity contribution in [3.8, 4) is 0 Å². The third kappa shape index (κ3) is 1.76. The normalized spacial score (nSPS) is 31.3. The highest BCUT2D eigenvalue weighted by molar-refractivity contribution is 6.23. The van der Waals surface area contributed by atoms with Crippen LogP contribution in [0.25, 0.3) is 0 Å². The number of aryl methyl sites for hydroxylation is 2. The first-order valence-electron chi connectivity index (χ1n) is 8.22. The minimum atomic E-state index is -0.205. The van der Waals surface area contributed by atoms with Gasteiger partial charge in [0, 0.05) is 11.8 Å². The summed E-state index contributed by atoms with van der Waals surface area (Å²) in [5.41, 5.74) is 5.41. The molecule has 2 fully saturated rings. The second-order valence-corrected chi connectivity index (χ2v) is 7.25. The van der Waals surface area contributed by atoms with Crippen molar-refractivity contribution >= 4 is 17.5 Å². The van der Waals surface area contributed by atoms with Crippen LogP contribution in [0.2, 0.25) is 0 Å².